The van der Waals surface area contributed by atoms with Gasteiger partial charge in [-0.25, -0.2) is 0 Å². The number of hydrogen-bond acceptors (Lipinski definition) is 2. The third-order valence-corrected chi connectivity index (χ3v) is 4.42. The van der Waals surface area contributed by atoms with Gasteiger partial charge in [-0.2, -0.15) is 0 Å². The summed E-state index contributed by atoms with van der Waals surface area (Å²) in [6.45, 7) is 0.375. The van der Waals surface area contributed by atoms with Crippen LogP contribution in [-0.2, 0) is 4.79 Å². The fraction of sp³-hybridized carbons (Fsp3) is 0.133. The first kappa shape index (κ1) is 13.5. The molecule has 5 heteroatoms. The van der Waals surface area contributed by atoms with Crippen LogP contribution < -0.4 is 10.1 Å². The molecule has 1 atom stereocenters. The Bertz CT molecular complexity index is 675. The van der Waals surface area contributed by atoms with E-state index >= 15 is 0 Å². The highest BCUT2D eigenvalue weighted by Gasteiger charge is 2.30. The predicted octanol–water partition coefficient (Wildman–Crippen LogP) is 4.22. The zero-order valence-corrected chi connectivity index (χ0v) is 12.7. The van der Waals surface area contributed by atoms with Gasteiger partial charge < -0.3 is 10.1 Å². The first-order chi connectivity index (χ1) is 9.65. The quantitative estimate of drug-likeness (QED) is 0.879. The van der Waals surface area contributed by atoms with Crippen molar-refractivity contribution in [2.45, 2.75) is 5.92 Å². The van der Waals surface area contributed by atoms with Gasteiger partial charge in [0.15, 0.2) is 0 Å². The zero-order chi connectivity index (χ0) is 14.1. The molecule has 0 aromatic heterocycles. The molecule has 102 valence electrons. The van der Waals surface area contributed by atoms with E-state index in [1.807, 2.05) is 24.3 Å². The van der Waals surface area contributed by atoms with Crippen molar-refractivity contribution in [1.29, 1.82) is 0 Å². The molecule has 1 aliphatic heterocycles. The third kappa shape index (κ3) is 2.53. The number of para-hydroxylation sites is 1. The normalized spacial score (nSPS) is 16.4. The monoisotopic (exact) mass is 351 g/mol. The molecule has 1 heterocycles. The van der Waals surface area contributed by atoms with Crippen molar-refractivity contribution >= 4 is 39.1 Å². The number of nitrogens with one attached hydrogen (secondary N) is 1. The van der Waals surface area contributed by atoms with Crippen LogP contribution in [0.5, 0.6) is 5.75 Å². The van der Waals surface area contributed by atoms with Crippen molar-refractivity contribution in [2.75, 3.05) is 11.9 Å². The molecule has 0 fully saturated rings. The van der Waals surface area contributed by atoms with Gasteiger partial charge in [0.05, 0.1) is 5.02 Å². The molecule has 0 spiro atoms. The average Bonchev–Trinajstić information content (AvgIpc) is 2.87. The summed E-state index contributed by atoms with van der Waals surface area (Å²) >= 11 is 9.27. The molecule has 2 aromatic carbocycles. The minimum absolute atomic E-state index is 0.0795. The summed E-state index contributed by atoms with van der Waals surface area (Å²) in [6.07, 6.45) is 0. The molecule has 1 amide bonds. The number of amides is 1. The van der Waals surface area contributed by atoms with E-state index in [9.17, 15) is 4.79 Å². The molecular weight excluding hydrogens is 342 g/mol. The van der Waals surface area contributed by atoms with Gasteiger partial charge in [0.1, 0.15) is 18.3 Å². The lowest BCUT2D eigenvalue weighted by Gasteiger charge is -2.11. The van der Waals surface area contributed by atoms with E-state index in [-0.39, 0.29) is 11.8 Å². The molecule has 3 rings (SSSR count). The number of fused-ring (bicyclic) bond motifs is 1. The maximum absolute atomic E-state index is 12.3. The summed E-state index contributed by atoms with van der Waals surface area (Å²) in [6, 6.07) is 12.9. The molecule has 0 radical (unpaired) electrons. The van der Waals surface area contributed by atoms with Crippen LogP contribution in [0.25, 0.3) is 0 Å². The number of benzene rings is 2. The van der Waals surface area contributed by atoms with Gasteiger partial charge in [0.25, 0.3) is 0 Å². The van der Waals surface area contributed by atoms with Gasteiger partial charge in [-0.3, -0.25) is 4.79 Å². The van der Waals surface area contributed by atoms with Crippen molar-refractivity contribution in [3.63, 3.8) is 0 Å². The maximum Gasteiger partial charge on any atom is 0.235 e. The number of anilines is 1. The highest BCUT2D eigenvalue weighted by atomic mass is 79.9. The molecule has 2 aromatic rings. The summed E-state index contributed by atoms with van der Waals surface area (Å²) in [5, 5.41) is 3.49. The number of carbonyl (C=O) groups is 1. The van der Waals surface area contributed by atoms with E-state index in [2.05, 4.69) is 21.2 Å². The second-order valence-electron chi connectivity index (χ2n) is 4.52. The standard InChI is InChI=1S/C15H11BrClNO2/c16-12-7-9(5-6-13(12)17)18-15(19)11-8-20-14-4-2-1-3-10(11)14/h1-7,11H,8H2,(H,18,19). The Morgan fingerprint density at radius 2 is 2.10 bits per heavy atom. The summed E-state index contributed by atoms with van der Waals surface area (Å²) in [7, 11) is 0. The minimum atomic E-state index is -0.277. The molecule has 3 nitrogen and oxygen atoms in total. The number of rotatable bonds is 2. The molecular formula is C15H11BrClNO2. The van der Waals surface area contributed by atoms with Crippen molar-refractivity contribution in [2.24, 2.45) is 0 Å². The molecule has 1 N–H and O–H groups in total. The number of ether oxygens (including phenoxy) is 1. The highest BCUT2D eigenvalue weighted by Crippen LogP contribution is 2.34. The molecule has 0 aliphatic carbocycles. The van der Waals surface area contributed by atoms with Crippen molar-refractivity contribution in [3.8, 4) is 5.75 Å². The van der Waals surface area contributed by atoms with E-state index in [1.54, 1.807) is 18.2 Å². The van der Waals surface area contributed by atoms with E-state index in [0.717, 1.165) is 15.8 Å². The summed E-state index contributed by atoms with van der Waals surface area (Å²) in [4.78, 5) is 12.3. The molecule has 0 saturated carbocycles. The first-order valence-corrected chi connectivity index (χ1v) is 7.30. The Morgan fingerprint density at radius 3 is 2.90 bits per heavy atom. The lowest BCUT2D eigenvalue weighted by Crippen LogP contribution is -2.22. The van der Waals surface area contributed by atoms with Crippen molar-refractivity contribution < 1.29 is 9.53 Å². The molecule has 1 aliphatic rings. The predicted molar refractivity (Wildman–Crippen MR) is 82.5 cm³/mol. The molecule has 20 heavy (non-hydrogen) atoms. The van der Waals surface area contributed by atoms with Crippen LogP contribution in [0.4, 0.5) is 5.69 Å². The van der Waals surface area contributed by atoms with E-state index in [0.29, 0.717) is 17.3 Å². The van der Waals surface area contributed by atoms with Crippen molar-refractivity contribution in [3.05, 3.63) is 57.5 Å². The maximum atomic E-state index is 12.3. The number of halogens is 2. The zero-order valence-electron chi connectivity index (χ0n) is 10.4. The average molecular weight is 353 g/mol. The van der Waals surface area contributed by atoms with Crippen LogP contribution in [0.1, 0.15) is 11.5 Å². The second-order valence-corrected chi connectivity index (χ2v) is 5.78. The van der Waals surface area contributed by atoms with Crippen molar-refractivity contribution in [1.82, 2.24) is 0 Å². The topological polar surface area (TPSA) is 38.3 Å². The number of hydrogen-bond donors (Lipinski definition) is 1. The first-order valence-electron chi connectivity index (χ1n) is 6.13. The van der Waals surface area contributed by atoms with E-state index in [1.165, 1.54) is 0 Å². The van der Waals surface area contributed by atoms with Gasteiger partial charge in [-0.15, -0.1) is 0 Å². The molecule has 0 saturated heterocycles. The number of carbonyl (C=O) groups excluding carboxylic acids is 1. The van der Waals surface area contributed by atoms with Gasteiger partial charge in [0, 0.05) is 15.7 Å². The van der Waals surface area contributed by atoms with Crippen LogP contribution >= 0.6 is 27.5 Å². The Balaban J connectivity index is 1.79. The summed E-state index contributed by atoms with van der Waals surface area (Å²) < 4.78 is 6.27. The molecule has 1 unspecified atom stereocenters. The lowest BCUT2D eigenvalue weighted by atomic mass is 10.0. The smallest absolute Gasteiger partial charge is 0.235 e. The van der Waals surface area contributed by atoms with Gasteiger partial charge in [-0.05, 0) is 40.2 Å². The Kier molecular flexibility index (Phi) is 3.68. The Labute approximate surface area is 130 Å². The van der Waals surface area contributed by atoms with Crippen LogP contribution in [-0.4, -0.2) is 12.5 Å². The van der Waals surface area contributed by atoms with Crippen LogP contribution in [0.2, 0.25) is 5.02 Å². The van der Waals surface area contributed by atoms with Gasteiger partial charge in [0.2, 0.25) is 5.91 Å². The fourth-order valence-electron chi connectivity index (χ4n) is 2.18. The fourth-order valence-corrected chi connectivity index (χ4v) is 2.68. The molecule has 0 bridgehead atoms. The second kappa shape index (κ2) is 5.46. The van der Waals surface area contributed by atoms with Gasteiger partial charge >= 0.3 is 0 Å². The Hall–Kier alpha value is -1.52. The Morgan fingerprint density at radius 1 is 1.30 bits per heavy atom. The van der Waals surface area contributed by atoms with E-state index in [4.69, 9.17) is 16.3 Å². The SMILES string of the molecule is O=C(Nc1ccc(Cl)c(Br)c1)C1COc2ccccc21. The summed E-state index contributed by atoms with van der Waals surface area (Å²) in [5.41, 5.74) is 1.63. The van der Waals surface area contributed by atoms with Crippen LogP contribution in [0.3, 0.4) is 0 Å². The van der Waals surface area contributed by atoms with Crippen LogP contribution in [0.15, 0.2) is 46.9 Å². The minimum Gasteiger partial charge on any atom is -0.492 e. The van der Waals surface area contributed by atoms with Gasteiger partial charge in [-0.1, -0.05) is 29.8 Å². The van der Waals surface area contributed by atoms with Crippen LogP contribution in [0, 0.1) is 0 Å². The third-order valence-electron chi connectivity index (χ3n) is 3.20. The largest absolute Gasteiger partial charge is 0.492 e. The summed E-state index contributed by atoms with van der Waals surface area (Å²) in [5.74, 6) is 0.426. The van der Waals surface area contributed by atoms with E-state index < -0.39 is 0 Å². The lowest BCUT2D eigenvalue weighted by molar-refractivity contribution is -0.117. The highest BCUT2D eigenvalue weighted by molar-refractivity contribution is 9.10.